The lowest BCUT2D eigenvalue weighted by Crippen LogP contribution is -2.33. The molecule has 1 aromatic heterocycles. The third kappa shape index (κ3) is 4.94. The summed E-state index contributed by atoms with van der Waals surface area (Å²) in [5.74, 6) is -0.106. The first kappa shape index (κ1) is 19.4. The zero-order valence-corrected chi connectivity index (χ0v) is 16.2. The fourth-order valence-corrected chi connectivity index (χ4v) is 3.09. The zero-order valence-electron chi connectivity index (χ0n) is 16.2. The Morgan fingerprint density at radius 1 is 0.833 bits per heavy atom. The van der Waals surface area contributed by atoms with Crippen molar-refractivity contribution in [2.45, 2.75) is 19.6 Å². The maximum Gasteiger partial charge on any atom is 0.246 e. The van der Waals surface area contributed by atoms with E-state index in [4.69, 9.17) is 0 Å². The number of tetrazole rings is 1. The van der Waals surface area contributed by atoms with Crippen molar-refractivity contribution in [1.29, 1.82) is 0 Å². The molecule has 1 heterocycles. The normalized spacial score (nSPS) is 10.7. The molecule has 0 saturated heterocycles. The van der Waals surface area contributed by atoms with Crippen LogP contribution in [0.15, 0.2) is 84.9 Å². The third-order valence-electron chi connectivity index (χ3n) is 4.62. The lowest BCUT2D eigenvalue weighted by molar-refractivity contribution is -0.133. The Labute approximate surface area is 173 Å². The number of halogens is 1. The van der Waals surface area contributed by atoms with Crippen molar-refractivity contribution in [3.63, 3.8) is 0 Å². The summed E-state index contributed by atoms with van der Waals surface area (Å²) in [5, 5.41) is 12.2. The van der Waals surface area contributed by atoms with Crippen molar-refractivity contribution in [3.05, 3.63) is 102 Å². The lowest BCUT2D eigenvalue weighted by Gasteiger charge is -2.23. The smallest absolute Gasteiger partial charge is 0.246 e. The van der Waals surface area contributed by atoms with Gasteiger partial charge in [0.1, 0.15) is 12.4 Å². The van der Waals surface area contributed by atoms with E-state index in [0.29, 0.717) is 24.5 Å². The minimum absolute atomic E-state index is 0.0339. The van der Waals surface area contributed by atoms with E-state index >= 15 is 0 Å². The van der Waals surface area contributed by atoms with Crippen LogP contribution < -0.4 is 0 Å². The number of amides is 1. The van der Waals surface area contributed by atoms with Crippen molar-refractivity contribution in [1.82, 2.24) is 25.1 Å². The highest BCUT2D eigenvalue weighted by Crippen LogP contribution is 2.14. The van der Waals surface area contributed by atoms with Gasteiger partial charge in [0, 0.05) is 18.7 Å². The summed E-state index contributed by atoms with van der Waals surface area (Å²) in [6.45, 7) is 0.927. The van der Waals surface area contributed by atoms with Gasteiger partial charge in [-0.05, 0) is 40.6 Å². The van der Waals surface area contributed by atoms with Gasteiger partial charge in [0.25, 0.3) is 0 Å². The third-order valence-corrected chi connectivity index (χ3v) is 4.62. The molecule has 0 fully saturated rings. The van der Waals surface area contributed by atoms with Crippen LogP contribution in [0.2, 0.25) is 0 Å². The highest BCUT2D eigenvalue weighted by atomic mass is 19.1. The zero-order chi connectivity index (χ0) is 20.8. The highest BCUT2D eigenvalue weighted by molar-refractivity contribution is 5.75. The summed E-state index contributed by atoms with van der Waals surface area (Å²) in [7, 11) is 0. The van der Waals surface area contributed by atoms with Gasteiger partial charge in [-0.1, -0.05) is 60.7 Å². The van der Waals surface area contributed by atoms with E-state index in [9.17, 15) is 9.18 Å². The van der Waals surface area contributed by atoms with Gasteiger partial charge in [-0.2, -0.15) is 4.80 Å². The standard InChI is InChI=1S/C23H20FN5O/c24-21-13-11-20(12-14-21)23-25-27-29(26-23)17-22(30)28(15-18-7-3-1-4-8-18)16-19-9-5-2-6-10-19/h1-14H,15-17H2. The molecule has 7 heteroatoms. The monoisotopic (exact) mass is 401 g/mol. The van der Waals surface area contributed by atoms with Crippen LogP contribution in [0.4, 0.5) is 4.39 Å². The van der Waals surface area contributed by atoms with Gasteiger partial charge in [0.2, 0.25) is 11.7 Å². The largest absolute Gasteiger partial charge is 0.332 e. The summed E-state index contributed by atoms with van der Waals surface area (Å²) in [6.07, 6.45) is 0. The number of rotatable bonds is 7. The summed E-state index contributed by atoms with van der Waals surface area (Å²) in [6, 6.07) is 25.5. The Hall–Kier alpha value is -3.87. The molecule has 3 aromatic carbocycles. The molecule has 0 radical (unpaired) electrons. The average molecular weight is 401 g/mol. The first-order valence-corrected chi connectivity index (χ1v) is 9.57. The fraction of sp³-hybridized carbons (Fsp3) is 0.130. The molecule has 4 aromatic rings. The van der Waals surface area contributed by atoms with Gasteiger partial charge in [-0.3, -0.25) is 4.79 Å². The Bertz CT molecular complexity index is 1060. The van der Waals surface area contributed by atoms with E-state index in [2.05, 4.69) is 15.4 Å². The molecule has 0 bridgehead atoms. The van der Waals surface area contributed by atoms with Gasteiger partial charge in [-0.25, -0.2) is 4.39 Å². The Kier molecular flexibility index (Phi) is 5.89. The fourth-order valence-electron chi connectivity index (χ4n) is 3.09. The molecule has 0 spiro atoms. The van der Waals surface area contributed by atoms with Gasteiger partial charge < -0.3 is 4.90 Å². The predicted octanol–water partition coefficient (Wildman–Crippen LogP) is 3.71. The Morgan fingerprint density at radius 2 is 1.40 bits per heavy atom. The van der Waals surface area contributed by atoms with Crippen LogP contribution in [0.1, 0.15) is 11.1 Å². The number of carbonyl (C=O) groups is 1. The predicted molar refractivity (Wildman–Crippen MR) is 110 cm³/mol. The molecular weight excluding hydrogens is 381 g/mol. The van der Waals surface area contributed by atoms with Crippen LogP contribution in [-0.2, 0) is 24.4 Å². The second-order valence-electron chi connectivity index (χ2n) is 6.87. The summed E-state index contributed by atoms with van der Waals surface area (Å²) >= 11 is 0. The molecule has 30 heavy (non-hydrogen) atoms. The second kappa shape index (κ2) is 9.09. The molecule has 0 N–H and O–H groups in total. The summed E-state index contributed by atoms with van der Waals surface area (Å²) < 4.78 is 13.1. The number of carbonyl (C=O) groups excluding carboxylic acids is 1. The van der Waals surface area contributed by atoms with Crippen molar-refractivity contribution < 1.29 is 9.18 Å². The minimum Gasteiger partial charge on any atom is -0.332 e. The van der Waals surface area contributed by atoms with Gasteiger partial charge in [-0.15, -0.1) is 10.2 Å². The number of benzene rings is 3. The van der Waals surface area contributed by atoms with Crippen LogP contribution >= 0.6 is 0 Å². The minimum atomic E-state index is -0.334. The molecule has 4 rings (SSSR count). The van der Waals surface area contributed by atoms with Gasteiger partial charge >= 0.3 is 0 Å². The van der Waals surface area contributed by atoms with Crippen molar-refractivity contribution in [3.8, 4) is 11.4 Å². The quantitative estimate of drug-likeness (QED) is 0.474. The van der Waals surface area contributed by atoms with E-state index < -0.39 is 0 Å². The van der Waals surface area contributed by atoms with Gasteiger partial charge in [0.15, 0.2) is 0 Å². The van der Waals surface area contributed by atoms with Crippen LogP contribution in [0, 0.1) is 5.82 Å². The van der Waals surface area contributed by atoms with Crippen molar-refractivity contribution >= 4 is 5.91 Å². The maximum absolute atomic E-state index is 13.1. The van der Waals surface area contributed by atoms with Gasteiger partial charge in [0.05, 0.1) is 0 Å². The Balaban J connectivity index is 1.50. The Morgan fingerprint density at radius 3 is 1.97 bits per heavy atom. The first-order valence-electron chi connectivity index (χ1n) is 9.57. The molecule has 0 atom stereocenters. The molecule has 1 amide bonds. The van der Waals surface area contributed by atoms with E-state index in [1.807, 2.05) is 60.7 Å². The molecular formula is C23H20FN5O. The first-order chi connectivity index (χ1) is 14.7. The molecule has 6 nitrogen and oxygen atoms in total. The maximum atomic E-state index is 13.1. The SMILES string of the molecule is O=C(Cn1nnc(-c2ccc(F)cc2)n1)N(Cc1ccccc1)Cc1ccccc1. The molecule has 0 aliphatic heterocycles. The van der Waals surface area contributed by atoms with Crippen molar-refractivity contribution in [2.75, 3.05) is 0 Å². The molecule has 0 unspecified atom stereocenters. The molecule has 150 valence electrons. The van der Waals surface area contributed by atoms with E-state index in [0.717, 1.165) is 11.1 Å². The van der Waals surface area contributed by atoms with E-state index in [1.165, 1.54) is 16.9 Å². The summed E-state index contributed by atoms with van der Waals surface area (Å²) in [4.78, 5) is 16.1. The van der Waals surface area contributed by atoms with Crippen molar-refractivity contribution in [2.24, 2.45) is 0 Å². The second-order valence-corrected chi connectivity index (χ2v) is 6.87. The number of nitrogens with zero attached hydrogens (tertiary/aromatic N) is 5. The highest BCUT2D eigenvalue weighted by Gasteiger charge is 2.17. The van der Waals surface area contributed by atoms with Crippen LogP contribution in [-0.4, -0.2) is 31.0 Å². The van der Waals surface area contributed by atoms with Crippen LogP contribution in [0.3, 0.4) is 0 Å². The number of hydrogen-bond acceptors (Lipinski definition) is 4. The van der Waals surface area contributed by atoms with E-state index in [1.54, 1.807) is 17.0 Å². The van der Waals surface area contributed by atoms with E-state index in [-0.39, 0.29) is 18.3 Å². The lowest BCUT2D eigenvalue weighted by atomic mass is 10.1. The number of aromatic nitrogens is 4. The summed E-state index contributed by atoms with van der Waals surface area (Å²) in [5.41, 5.74) is 2.72. The molecule has 0 aliphatic rings. The molecule has 0 saturated carbocycles. The number of hydrogen-bond donors (Lipinski definition) is 0. The van der Waals surface area contributed by atoms with Crippen LogP contribution in [0.5, 0.6) is 0 Å². The average Bonchev–Trinajstić information content (AvgIpc) is 3.23. The topological polar surface area (TPSA) is 63.9 Å². The molecule has 0 aliphatic carbocycles. The van der Waals surface area contributed by atoms with Crippen LogP contribution in [0.25, 0.3) is 11.4 Å².